The van der Waals surface area contributed by atoms with Crippen LogP contribution in [0.2, 0.25) is 5.02 Å². The summed E-state index contributed by atoms with van der Waals surface area (Å²) in [4.78, 5) is 38.1. The van der Waals surface area contributed by atoms with E-state index in [1.54, 1.807) is 42.5 Å². The molecule has 8 nitrogen and oxygen atoms in total. The van der Waals surface area contributed by atoms with Crippen molar-refractivity contribution in [1.29, 1.82) is 0 Å². The van der Waals surface area contributed by atoms with E-state index < -0.39 is 12.1 Å². The molecule has 2 aromatic carbocycles. The number of nitrogens with one attached hydrogen (secondary N) is 2. The van der Waals surface area contributed by atoms with E-state index in [2.05, 4.69) is 10.6 Å². The maximum absolute atomic E-state index is 12.6. The second-order valence-electron chi connectivity index (χ2n) is 6.71. The molecule has 150 valence electrons. The van der Waals surface area contributed by atoms with Gasteiger partial charge in [-0.1, -0.05) is 23.7 Å². The number of imide groups is 1. The molecule has 2 aliphatic heterocycles. The first-order chi connectivity index (χ1) is 14.0. The van der Waals surface area contributed by atoms with E-state index in [-0.39, 0.29) is 38.0 Å². The first-order valence-corrected chi connectivity index (χ1v) is 9.43. The largest absolute Gasteiger partial charge is 0.454 e. The molecule has 4 rings (SSSR count). The Kier molecular flexibility index (Phi) is 5.26. The topological polar surface area (TPSA) is 97.0 Å². The number of benzene rings is 2. The Bertz CT molecular complexity index is 980. The number of halogens is 1. The number of fused-ring (bicyclic) bond motifs is 1. The van der Waals surface area contributed by atoms with Gasteiger partial charge >= 0.3 is 6.03 Å². The molecule has 0 saturated carbocycles. The van der Waals surface area contributed by atoms with Crippen LogP contribution in [0, 0.1) is 0 Å². The highest BCUT2D eigenvalue weighted by Gasteiger charge is 2.38. The molecule has 2 aromatic rings. The van der Waals surface area contributed by atoms with Gasteiger partial charge in [-0.05, 0) is 42.3 Å². The van der Waals surface area contributed by atoms with Crippen LogP contribution in [0.5, 0.6) is 11.5 Å². The third-order valence-corrected chi connectivity index (χ3v) is 4.89. The number of hydrogen-bond donors (Lipinski definition) is 2. The number of carbonyl (C=O) groups excluding carboxylic acids is 3. The van der Waals surface area contributed by atoms with Gasteiger partial charge in [-0.25, -0.2) is 4.79 Å². The van der Waals surface area contributed by atoms with Crippen molar-refractivity contribution in [2.45, 2.75) is 25.4 Å². The summed E-state index contributed by atoms with van der Waals surface area (Å²) in [7, 11) is 0. The zero-order valence-electron chi connectivity index (χ0n) is 15.3. The van der Waals surface area contributed by atoms with Crippen LogP contribution in [0.3, 0.4) is 0 Å². The van der Waals surface area contributed by atoms with Gasteiger partial charge in [-0.15, -0.1) is 0 Å². The van der Waals surface area contributed by atoms with Crippen LogP contribution < -0.4 is 20.1 Å². The highest BCUT2D eigenvalue weighted by Crippen LogP contribution is 2.33. The van der Waals surface area contributed by atoms with E-state index in [0.717, 1.165) is 10.5 Å². The number of amides is 4. The minimum atomic E-state index is -0.735. The third kappa shape index (κ3) is 4.27. The number of urea groups is 1. The van der Waals surface area contributed by atoms with Gasteiger partial charge in [0.15, 0.2) is 11.5 Å². The standard InChI is InChI=1S/C20H18ClN3O5/c21-13-2-1-3-14(9-13)22-18(25)7-5-15-19(26)24(20(27)23-15)10-12-4-6-16-17(8-12)29-11-28-16/h1-4,6,8-9,15H,5,7,10-11H2,(H,22,25)(H,23,27). The van der Waals surface area contributed by atoms with E-state index in [9.17, 15) is 14.4 Å². The fourth-order valence-corrected chi connectivity index (χ4v) is 3.40. The Balaban J connectivity index is 1.32. The normalized spacial score (nSPS) is 17.4. The smallest absolute Gasteiger partial charge is 0.325 e. The van der Waals surface area contributed by atoms with Gasteiger partial charge < -0.3 is 20.1 Å². The van der Waals surface area contributed by atoms with E-state index in [1.165, 1.54) is 0 Å². The van der Waals surface area contributed by atoms with Crippen molar-refractivity contribution < 1.29 is 23.9 Å². The lowest BCUT2D eigenvalue weighted by Crippen LogP contribution is -2.31. The summed E-state index contributed by atoms with van der Waals surface area (Å²) in [5, 5.41) is 5.87. The zero-order chi connectivity index (χ0) is 20.4. The van der Waals surface area contributed by atoms with Gasteiger partial charge in [-0.3, -0.25) is 14.5 Å². The molecule has 4 amide bonds. The van der Waals surface area contributed by atoms with Crippen molar-refractivity contribution in [3.05, 3.63) is 53.1 Å². The summed E-state index contributed by atoms with van der Waals surface area (Å²) < 4.78 is 10.6. The first-order valence-electron chi connectivity index (χ1n) is 9.05. The van der Waals surface area contributed by atoms with Crippen molar-refractivity contribution in [3.8, 4) is 11.5 Å². The van der Waals surface area contributed by atoms with Crippen molar-refractivity contribution in [1.82, 2.24) is 10.2 Å². The lowest BCUT2D eigenvalue weighted by molar-refractivity contribution is -0.128. The van der Waals surface area contributed by atoms with E-state index in [0.29, 0.717) is 22.2 Å². The fraction of sp³-hybridized carbons (Fsp3) is 0.250. The van der Waals surface area contributed by atoms with E-state index in [1.807, 2.05) is 0 Å². The van der Waals surface area contributed by atoms with Gasteiger partial charge in [0, 0.05) is 17.1 Å². The molecule has 9 heteroatoms. The second-order valence-corrected chi connectivity index (χ2v) is 7.15. The molecule has 0 aromatic heterocycles. The van der Waals surface area contributed by atoms with Gasteiger partial charge in [0.1, 0.15) is 6.04 Å². The Hall–Kier alpha value is -3.26. The van der Waals surface area contributed by atoms with Crippen LogP contribution >= 0.6 is 11.6 Å². The average molecular weight is 416 g/mol. The predicted molar refractivity (Wildman–Crippen MR) is 105 cm³/mol. The molecule has 2 aliphatic rings. The van der Waals surface area contributed by atoms with Crippen LogP contribution in [0.15, 0.2) is 42.5 Å². The van der Waals surface area contributed by atoms with Crippen LogP contribution in [-0.2, 0) is 16.1 Å². The SMILES string of the molecule is O=C(CCC1NC(=O)N(Cc2ccc3c(c2)OCO3)C1=O)Nc1cccc(Cl)c1. The Morgan fingerprint density at radius 2 is 2.00 bits per heavy atom. The Morgan fingerprint density at radius 1 is 1.17 bits per heavy atom. The minimum absolute atomic E-state index is 0.0844. The highest BCUT2D eigenvalue weighted by atomic mass is 35.5. The number of rotatable bonds is 6. The minimum Gasteiger partial charge on any atom is -0.454 e. The third-order valence-electron chi connectivity index (χ3n) is 4.65. The molecule has 1 atom stereocenters. The molecule has 0 spiro atoms. The molecule has 0 radical (unpaired) electrons. The number of carbonyl (C=O) groups is 3. The molecular formula is C20H18ClN3O5. The molecule has 29 heavy (non-hydrogen) atoms. The van der Waals surface area contributed by atoms with Crippen LogP contribution in [-0.4, -0.2) is 35.6 Å². The molecule has 0 bridgehead atoms. The monoisotopic (exact) mass is 415 g/mol. The quantitative estimate of drug-likeness (QED) is 0.707. The maximum Gasteiger partial charge on any atom is 0.325 e. The van der Waals surface area contributed by atoms with E-state index in [4.69, 9.17) is 21.1 Å². The maximum atomic E-state index is 12.6. The Labute approximate surface area is 171 Å². The summed E-state index contributed by atoms with van der Waals surface area (Å²) in [6.07, 6.45) is 0.287. The zero-order valence-corrected chi connectivity index (χ0v) is 16.1. The summed E-state index contributed by atoms with van der Waals surface area (Å²) in [5.41, 5.74) is 1.32. The summed E-state index contributed by atoms with van der Waals surface area (Å²) in [6, 6.07) is 10.8. The van der Waals surface area contributed by atoms with Gasteiger partial charge in [-0.2, -0.15) is 0 Å². The first kappa shape index (κ1) is 19.1. The van der Waals surface area contributed by atoms with Crippen molar-refractivity contribution in [3.63, 3.8) is 0 Å². The lowest BCUT2D eigenvalue weighted by Gasteiger charge is -2.13. The molecule has 1 fully saturated rings. The summed E-state index contributed by atoms with van der Waals surface area (Å²) >= 11 is 5.89. The van der Waals surface area contributed by atoms with Crippen molar-refractivity contribution >= 4 is 35.1 Å². The molecule has 1 unspecified atom stereocenters. The molecule has 1 saturated heterocycles. The molecule has 0 aliphatic carbocycles. The van der Waals surface area contributed by atoms with Gasteiger partial charge in [0.25, 0.3) is 5.91 Å². The number of anilines is 1. The molecule has 2 N–H and O–H groups in total. The van der Waals surface area contributed by atoms with Crippen LogP contribution in [0.1, 0.15) is 18.4 Å². The summed E-state index contributed by atoms with van der Waals surface area (Å²) in [6.45, 7) is 0.272. The van der Waals surface area contributed by atoms with Crippen LogP contribution in [0.25, 0.3) is 0 Å². The molecule has 2 heterocycles. The summed E-state index contributed by atoms with van der Waals surface area (Å²) in [5.74, 6) is 0.602. The Morgan fingerprint density at radius 3 is 2.83 bits per heavy atom. The lowest BCUT2D eigenvalue weighted by atomic mass is 10.1. The number of ether oxygens (including phenoxy) is 2. The fourth-order valence-electron chi connectivity index (χ4n) is 3.21. The van der Waals surface area contributed by atoms with Crippen molar-refractivity contribution in [2.75, 3.05) is 12.1 Å². The number of nitrogens with zero attached hydrogens (tertiary/aromatic N) is 1. The van der Waals surface area contributed by atoms with Gasteiger partial charge in [0.05, 0.1) is 6.54 Å². The number of hydrogen-bond acceptors (Lipinski definition) is 5. The predicted octanol–water partition coefficient (Wildman–Crippen LogP) is 2.91. The highest BCUT2D eigenvalue weighted by molar-refractivity contribution is 6.30. The van der Waals surface area contributed by atoms with E-state index >= 15 is 0 Å². The second kappa shape index (κ2) is 8.00. The molecular weight excluding hydrogens is 398 g/mol. The van der Waals surface area contributed by atoms with Crippen LogP contribution in [0.4, 0.5) is 10.5 Å². The average Bonchev–Trinajstić information content (AvgIpc) is 3.26. The van der Waals surface area contributed by atoms with Crippen molar-refractivity contribution in [2.24, 2.45) is 0 Å². The van der Waals surface area contributed by atoms with Gasteiger partial charge in [0.2, 0.25) is 12.7 Å².